The van der Waals surface area contributed by atoms with E-state index in [1.807, 2.05) is 48.5 Å². The number of para-hydroxylation sites is 1. The molecular weight excluding hydrogens is 458 g/mol. The largest absolute Gasteiger partial charge is 0.303 e. The average molecular weight is 472 g/mol. The van der Waals surface area contributed by atoms with Crippen LogP contribution in [0.5, 0.6) is 0 Å². The van der Waals surface area contributed by atoms with Crippen molar-refractivity contribution in [3.8, 4) is 11.4 Å². The third kappa shape index (κ3) is 3.14. The second-order valence-electron chi connectivity index (χ2n) is 7.48. The Bertz CT molecular complexity index is 1660. The molecule has 0 spiro atoms. The predicted molar refractivity (Wildman–Crippen MR) is 127 cm³/mol. The normalized spacial score (nSPS) is 14.8. The number of fused-ring (bicyclic) bond motifs is 2. The Hall–Kier alpha value is -3.88. The Morgan fingerprint density at radius 1 is 0.970 bits per heavy atom. The van der Waals surface area contributed by atoms with Gasteiger partial charge in [-0.1, -0.05) is 59.3 Å². The maximum Gasteiger partial charge on any atom is 0.291 e. The summed E-state index contributed by atoms with van der Waals surface area (Å²) in [6, 6.07) is 18.5. The first kappa shape index (κ1) is 19.8. The summed E-state index contributed by atoms with van der Waals surface area (Å²) in [6.07, 6.45) is 3.30. The molecule has 0 aliphatic carbocycles. The zero-order valence-corrected chi connectivity index (χ0v) is 18.5. The second kappa shape index (κ2) is 7.61. The number of carbonyl (C=O) groups excluding carboxylic acids is 1. The molecule has 7 nitrogen and oxygen atoms in total. The molecule has 9 heteroatoms. The average Bonchev–Trinajstić information content (AvgIpc) is 3.47. The van der Waals surface area contributed by atoms with Gasteiger partial charge < -0.3 is 4.90 Å². The molecule has 1 aliphatic heterocycles. The Morgan fingerprint density at radius 3 is 2.58 bits per heavy atom. The van der Waals surface area contributed by atoms with E-state index in [-0.39, 0.29) is 11.5 Å². The van der Waals surface area contributed by atoms with Gasteiger partial charge in [0.15, 0.2) is 5.82 Å². The SMILES string of the molecule is O=C1C(=c2sc3nc(-c4cccnc4)nn3c2=O)c2ccccc2N1Cc1ccccc1Cl. The van der Waals surface area contributed by atoms with Gasteiger partial charge in [-0.3, -0.25) is 14.6 Å². The van der Waals surface area contributed by atoms with Crippen LogP contribution < -0.4 is 15.0 Å². The van der Waals surface area contributed by atoms with Gasteiger partial charge >= 0.3 is 0 Å². The van der Waals surface area contributed by atoms with E-state index in [1.165, 1.54) is 4.52 Å². The van der Waals surface area contributed by atoms with E-state index >= 15 is 0 Å². The summed E-state index contributed by atoms with van der Waals surface area (Å²) in [4.78, 5) is 37.5. The number of benzene rings is 2. The number of thiazole rings is 1. The molecule has 0 fully saturated rings. The first-order valence-electron chi connectivity index (χ1n) is 10.1. The van der Waals surface area contributed by atoms with E-state index in [1.54, 1.807) is 29.4 Å². The van der Waals surface area contributed by atoms with Crippen molar-refractivity contribution in [1.29, 1.82) is 0 Å². The van der Waals surface area contributed by atoms with E-state index in [2.05, 4.69) is 15.1 Å². The topological polar surface area (TPSA) is 80.5 Å². The number of nitrogens with zero attached hydrogens (tertiary/aromatic N) is 5. The quantitative estimate of drug-likeness (QED) is 0.403. The van der Waals surface area contributed by atoms with Gasteiger partial charge in [0.05, 0.1) is 17.8 Å². The lowest BCUT2D eigenvalue weighted by molar-refractivity contribution is -0.113. The third-order valence-electron chi connectivity index (χ3n) is 5.51. The van der Waals surface area contributed by atoms with Crippen LogP contribution in [0.3, 0.4) is 0 Å². The molecule has 6 rings (SSSR count). The second-order valence-corrected chi connectivity index (χ2v) is 8.87. The first-order valence-corrected chi connectivity index (χ1v) is 11.3. The monoisotopic (exact) mass is 471 g/mol. The standard InChI is InChI=1S/C24H14ClN5O2S/c25-17-9-3-1-6-15(17)13-29-18-10-4-2-8-16(18)19(22(29)31)20-23(32)30-24(33-20)27-21(28-30)14-7-5-11-26-12-14/h1-12H,13H2. The van der Waals surface area contributed by atoms with Gasteiger partial charge in [-0.25, -0.2) is 0 Å². The zero-order valence-electron chi connectivity index (χ0n) is 17.0. The molecule has 160 valence electrons. The molecule has 4 heterocycles. The number of carbonyl (C=O) groups is 1. The minimum Gasteiger partial charge on any atom is -0.303 e. The molecule has 1 amide bonds. The fourth-order valence-corrected chi connectivity index (χ4v) is 5.15. The summed E-state index contributed by atoms with van der Waals surface area (Å²) in [5.74, 6) is 0.173. The van der Waals surface area contributed by atoms with Gasteiger partial charge in [0.2, 0.25) is 4.96 Å². The van der Waals surface area contributed by atoms with E-state index in [0.29, 0.717) is 38.0 Å². The van der Waals surface area contributed by atoms with Crippen LogP contribution >= 0.6 is 22.9 Å². The van der Waals surface area contributed by atoms with Gasteiger partial charge in [0.25, 0.3) is 11.5 Å². The van der Waals surface area contributed by atoms with Crippen LogP contribution in [0, 0.1) is 0 Å². The first-order chi connectivity index (χ1) is 16.1. The molecule has 0 unspecified atom stereocenters. The maximum absolute atomic E-state index is 13.6. The van der Waals surface area contributed by atoms with E-state index in [9.17, 15) is 9.59 Å². The number of hydrogen-bond acceptors (Lipinski definition) is 6. The number of aromatic nitrogens is 4. The molecule has 5 aromatic rings. The van der Waals surface area contributed by atoms with Crippen molar-refractivity contribution >= 4 is 45.1 Å². The minimum atomic E-state index is -0.365. The number of anilines is 1. The summed E-state index contributed by atoms with van der Waals surface area (Å²) in [5, 5.41) is 4.95. The van der Waals surface area contributed by atoms with Crippen molar-refractivity contribution in [1.82, 2.24) is 19.6 Å². The van der Waals surface area contributed by atoms with Crippen molar-refractivity contribution < 1.29 is 4.79 Å². The lowest BCUT2D eigenvalue weighted by Gasteiger charge is -2.17. The molecule has 1 aliphatic rings. The highest BCUT2D eigenvalue weighted by atomic mass is 35.5. The Balaban J connectivity index is 1.51. The van der Waals surface area contributed by atoms with Crippen LogP contribution in [0.1, 0.15) is 11.1 Å². The molecule has 3 aromatic heterocycles. The lowest BCUT2D eigenvalue weighted by Crippen LogP contribution is -2.32. The van der Waals surface area contributed by atoms with Crippen LogP contribution in [0.2, 0.25) is 5.02 Å². The summed E-state index contributed by atoms with van der Waals surface area (Å²) in [5.41, 5.74) is 3.00. The number of amides is 1. The minimum absolute atomic E-state index is 0.245. The van der Waals surface area contributed by atoms with Crippen molar-refractivity contribution in [2.45, 2.75) is 6.54 Å². The van der Waals surface area contributed by atoms with E-state index in [0.717, 1.165) is 28.2 Å². The summed E-state index contributed by atoms with van der Waals surface area (Å²) in [6.45, 7) is 0.305. The molecule has 0 bridgehead atoms. The van der Waals surface area contributed by atoms with Gasteiger partial charge in [-0.2, -0.15) is 9.50 Å². The highest BCUT2D eigenvalue weighted by molar-refractivity contribution is 7.15. The van der Waals surface area contributed by atoms with Crippen LogP contribution in [0.25, 0.3) is 21.9 Å². The molecule has 0 radical (unpaired) electrons. The van der Waals surface area contributed by atoms with Crippen LogP contribution in [0.15, 0.2) is 77.9 Å². The zero-order chi connectivity index (χ0) is 22.5. The van der Waals surface area contributed by atoms with Gasteiger partial charge in [0, 0.05) is 28.5 Å². The molecule has 0 saturated heterocycles. The molecular formula is C24H14ClN5O2S. The smallest absolute Gasteiger partial charge is 0.291 e. The van der Waals surface area contributed by atoms with Crippen LogP contribution in [0.4, 0.5) is 5.69 Å². The summed E-state index contributed by atoms with van der Waals surface area (Å²) < 4.78 is 1.57. The molecule has 2 aromatic carbocycles. The predicted octanol–water partition coefficient (Wildman–Crippen LogP) is 3.33. The molecule has 33 heavy (non-hydrogen) atoms. The number of pyridine rings is 1. The fourth-order valence-electron chi connectivity index (χ4n) is 3.96. The maximum atomic E-state index is 13.6. The highest BCUT2D eigenvalue weighted by Crippen LogP contribution is 2.37. The number of hydrogen-bond donors (Lipinski definition) is 0. The number of rotatable bonds is 3. The van der Waals surface area contributed by atoms with Crippen LogP contribution in [-0.2, 0) is 11.3 Å². The molecule has 0 saturated carbocycles. The van der Waals surface area contributed by atoms with Crippen molar-refractivity contribution in [3.63, 3.8) is 0 Å². The van der Waals surface area contributed by atoms with Gasteiger partial charge in [-0.05, 0) is 29.8 Å². The highest BCUT2D eigenvalue weighted by Gasteiger charge is 2.34. The third-order valence-corrected chi connectivity index (χ3v) is 6.91. The molecule has 0 atom stereocenters. The summed E-state index contributed by atoms with van der Waals surface area (Å²) in [7, 11) is 0. The Morgan fingerprint density at radius 2 is 1.79 bits per heavy atom. The van der Waals surface area contributed by atoms with E-state index < -0.39 is 0 Å². The lowest BCUT2D eigenvalue weighted by atomic mass is 10.1. The van der Waals surface area contributed by atoms with Crippen molar-refractivity contribution in [2.75, 3.05) is 4.90 Å². The fraction of sp³-hybridized carbons (Fsp3) is 0.0417. The summed E-state index contributed by atoms with van der Waals surface area (Å²) >= 11 is 7.50. The Kier molecular flexibility index (Phi) is 4.56. The number of halogens is 1. The van der Waals surface area contributed by atoms with Crippen molar-refractivity contribution in [2.24, 2.45) is 0 Å². The van der Waals surface area contributed by atoms with Crippen LogP contribution in [-0.4, -0.2) is 25.5 Å². The van der Waals surface area contributed by atoms with Gasteiger partial charge in [-0.15, -0.1) is 5.10 Å². The van der Waals surface area contributed by atoms with Crippen molar-refractivity contribution in [3.05, 3.63) is 104 Å². The van der Waals surface area contributed by atoms with Gasteiger partial charge in [0.1, 0.15) is 4.53 Å². The Labute approximate surface area is 196 Å². The van der Waals surface area contributed by atoms with E-state index in [4.69, 9.17) is 11.6 Å². The molecule has 0 N–H and O–H groups in total.